The van der Waals surface area contributed by atoms with E-state index in [4.69, 9.17) is 24.0 Å². The van der Waals surface area contributed by atoms with Crippen LogP contribution in [0.15, 0.2) is 29.1 Å². The lowest BCUT2D eigenvalue weighted by Gasteiger charge is -2.38. The number of anilines is 1. The molecule has 4 heterocycles. The number of esters is 1. The summed E-state index contributed by atoms with van der Waals surface area (Å²) in [5, 5.41) is 56.9. The van der Waals surface area contributed by atoms with Gasteiger partial charge in [-0.05, 0) is 64.0 Å². The van der Waals surface area contributed by atoms with E-state index < -0.39 is 71.4 Å². The van der Waals surface area contributed by atoms with Crippen molar-refractivity contribution in [2.75, 3.05) is 38.6 Å². The zero-order chi connectivity index (χ0) is 46.1. The standard InChI is InChI=1S/C48H68N4O11/c1-25-14-13-15-26(2)47(59)50-39-34(24-49-52-21-19-51(20-22-52)33-16-11-12-17-33)27(3)36-37(43(39)57)42(56)31(7)45-38(36)46(58)48(9,63-45)61-23-18-35(60-10)28(4)44(62-32(8)53)30(6)41(55)29(5)40(25)54/h15,18,23-25,28-30,33,35,40-41,44,54-57H,11-14,16-17,19-22H2,1-10H3,(H,50,59)/b23-18+,26-15-,49-24+/t25-,28-,29+,30+,35-,40?,41+,44+,48-/m0/s1. The van der Waals surface area contributed by atoms with Crippen molar-refractivity contribution in [2.45, 2.75) is 137 Å². The molecule has 346 valence electrons. The highest BCUT2D eigenvalue weighted by molar-refractivity contribution is 6.22. The van der Waals surface area contributed by atoms with Gasteiger partial charge in [0.1, 0.15) is 17.6 Å². The van der Waals surface area contributed by atoms with E-state index in [0.717, 1.165) is 13.1 Å². The van der Waals surface area contributed by atoms with Crippen LogP contribution in [0.4, 0.5) is 5.69 Å². The predicted octanol–water partition coefficient (Wildman–Crippen LogP) is 6.48. The molecule has 0 aromatic heterocycles. The van der Waals surface area contributed by atoms with Crippen LogP contribution in [0.2, 0.25) is 0 Å². The molecular formula is C48H68N4O11. The molecule has 5 N–H and O–H groups in total. The van der Waals surface area contributed by atoms with Gasteiger partial charge in [-0.3, -0.25) is 24.3 Å². The van der Waals surface area contributed by atoms with Crippen LogP contribution in [0.3, 0.4) is 0 Å². The number of phenolic OH excluding ortho intramolecular Hbond substituents is 2. The Morgan fingerprint density at radius 3 is 2.22 bits per heavy atom. The van der Waals surface area contributed by atoms with Gasteiger partial charge in [0.25, 0.3) is 11.7 Å². The minimum atomic E-state index is -1.93. The van der Waals surface area contributed by atoms with Gasteiger partial charge in [-0.15, -0.1) is 0 Å². The van der Waals surface area contributed by atoms with Crippen molar-refractivity contribution in [2.24, 2.45) is 28.8 Å². The first-order valence-electron chi connectivity index (χ1n) is 22.5. The van der Waals surface area contributed by atoms with E-state index in [1.165, 1.54) is 52.9 Å². The molecule has 1 aliphatic carbocycles. The maximum atomic E-state index is 14.7. The fraction of sp³-hybridized carbons (Fsp3) is 0.625. The number of methoxy groups -OCH3 is 1. The molecule has 0 radical (unpaired) electrons. The second kappa shape index (κ2) is 19.6. The minimum Gasteiger partial charge on any atom is -0.507 e. The lowest BCUT2D eigenvalue weighted by molar-refractivity contribution is -0.160. The van der Waals surface area contributed by atoms with Crippen molar-refractivity contribution in [1.29, 1.82) is 0 Å². The molecule has 1 amide bonds. The molecule has 2 aromatic carbocycles. The van der Waals surface area contributed by atoms with E-state index >= 15 is 0 Å². The number of ether oxygens (including phenoxy) is 4. The van der Waals surface area contributed by atoms with Gasteiger partial charge in [0.2, 0.25) is 0 Å². The molecule has 9 atom stereocenters. The number of aliphatic hydroxyl groups excluding tert-OH is 2. The second-order valence-electron chi connectivity index (χ2n) is 18.4. The SMILES string of the molecule is CO[C@H]1/C=C/O[C@@]2(C)Oc3c(C)c(O)c4c(O)c(c(/C=N/N5CCN(C6CCCC6)CC5)c(C)c4c3C2=O)NC(=O)/C(C)=C\CC[C@H](C)C(O)[C@@H](C)[C@@H](O)[C@@H](C)[C@H](OC(C)=O)[C@H]1C. The number of rotatable bonds is 5. The number of fused-ring (bicyclic) bond motifs is 15. The summed E-state index contributed by atoms with van der Waals surface area (Å²) in [5.41, 5.74) is 1.45. The number of carbonyl (C=O) groups is 3. The molecule has 63 heavy (non-hydrogen) atoms. The van der Waals surface area contributed by atoms with Crippen LogP contribution in [0, 0.1) is 37.5 Å². The maximum absolute atomic E-state index is 14.7. The average molecular weight is 877 g/mol. The topological polar surface area (TPSA) is 200 Å². The quantitative estimate of drug-likeness (QED) is 0.124. The van der Waals surface area contributed by atoms with Gasteiger partial charge >= 0.3 is 11.8 Å². The lowest BCUT2D eigenvalue weighted by Crippen LogP contribution is -2.47. The average Bonchev–Trinajstić information content (AvgIpc) is 3.89. The number of piperazine rings is 1. The van der Waals surface area contributed by atoms with Gasteiger partial charge in [0.15, 0.2) is 5.75 Å². The zero-order valence-electron chi connectivity index (χ0n) is 38.6. The molecule has 1 unspecified atom stereocenters. The van der Waals surface area contributed by atoms with Gasteiger partial charge < -0.3 is 44.7 Å². The number of aliphatic hydroxyl groups is 2. The fourth-order valence-electron chi connectivity index (χ4n) is 10.0. The minimum absolute atomic E-state index is 0.0241. The Kier molecular flexibility index (Phi) is 14.9. The van der Waals surface area contributed by atoms with Gasteiger partial charge in [0.05, 0.1) is 47.4 Å². The predicted molar refractivity (Wildman–Crippen MR) is 240 cm³/mol. The van der Waals surface area contributed by atoms with E-state index in [9.17, 15) is 34.8 Å². The Bertz CT molecular complexity index is 2140. The Morgan fingerprint density at radius 1 is 0.921 bits per heavy atom. The summed E-state index contributed by atoms with van der Waals surface area (Å²) in [4.78, 5) is 43.6. The van der Waals surface area contributed by atoms with Gasteiger partial charge in [-0.25, -0.2) is 0 Å². The number of ketones is 1. The third-order valence-corrected chi connectivity index (χ3v) is 14.2. The van der Waals surface area contributed by atoms with E-state index in [0.29, 0.717) is 48.7 Å². The Hall–Kier alpha value is -4.70. The number of benzene rings is 2. The summed E-state index contributed by atoms with van der Waals surface area (Å²) in [5.74, 6) is -6.35. The summed E-state index contributed by atoms with van der Waals surface area (Å²) in [7, 11) is 1.48. The van der Waals surface area contributed by atoms with Gasteiger partial charge in [0, 0.05) is 93.0 Å². The number of nitrogens with zero attached hydrogens (tertiary/aromatic N) is 3. The smallest absolute Gasteiger partial charge is 0.312 e. The third kappa shape index (κ3) is 9.57. The van der Waals surface area contributed by atoms with Crippen molar-refractivity contribution in [3.05, 3.63) is 46.2 Å². The van der Waals surface area contributed by atoms with Crippen molar-refractivity contribution in [3.63, 3.8) is 0 Å². The van der Waals surface area contributed by atoms with Crippen LogP contribution >= 0.6 is 0 Å². The highest BCUT2D eigenvalue weighted by atomic mass is 16.7. The van der Waals surface area contributed by atoms with E-state index in [-0.39, 0.29) is 45.0 Å². The number of hydrazone groups is 1. The van der Waals surface area contributed by atoms with Crippen LogP contribution in [-0.4, -0.2) is 124 Å². The number of aryl methyl sites for hydroxylation is 1. The number of hydrogen-bond donors (Lipinski definition) is 5. The molecule has 2 fully saturated rings. The molecule has 7 rings (SSSR count). The third-order valence-electron chi connectivity index (χ3n) is 14.2. The van der Waals surface area contributed by atoms with Crippen molar-refractivity contribution in [1.82, 2.24) is 9.91 Å². The molecule has 15 nitrogen and oxygen atoms in total. The first-order valence-corrected chi connectivity index (χ1v) is 22.5. The molecule has 15 heteroatoms. The van der Waals surface area contributed by atoms with Crippen LogP contribution in [-0.2, 0) is 23.8 Å². The molecule has 1 saturated carbocycles. The summed E-state index contributed by atoms with van der Waals surface area (Å²) >= 11 is 0. The Labute approximate surface area is 371 Å². The number of allylic oxidation sites excluding steroid dienone is 1. The number of carbonyl (C=O) groups excluding carboxylic acids is 3. The summed E-state index contributed by atoms with van der Waals surface area (Å²) < 4.78 is 24.0. The number of Topliss-reactive ketones (excluding diaryl/α,β-unsaturated/α-hetero) is 1. The van der Waals surface area contributed by atoms with E-state index in [1.54, 1.807) is 53.0 Å². The summed E-state index contributed by atoms with van der Waals surface area (Å²) in [6.45, 7) is 18.0. The van der Waals surface area contributed by atoms with E-state index in [1.807, 2.05) is 18.9 Å². The number of hydrogen-bond acceptors (Lipinski definition) is 14. The molecular weight excluding hydrogens is 809 g/mol. The molecule has 1 saturated heterocycles. The van der Waals surface area contributed by atoms with Crippen molar-refractivity contribution >= 4 is 40.3 Å². The largest absolute Gasteiger partial charge is 0.507 e. The first kappa shape index (κ1) is 47.8. The lowest BCUT2D eigenvalue weighted by atomic mass is 9.78. The number of phenols is 2. The van der Waals surface area contributed by atoms with Crippen molar-refractivity contribution in [3.8, 4) is 17.2 Å². The molecule has 5 aliphatic rings. The fourth-order valence-corrected chi connectivity index (χ4v) is 10.0. The monoisotopic (exact) mass is 876 g/mol. The van der Waals surface area contributed by atoms with Gasteiger partial charge in [-0.2, -0.15) is 5.10 Å². The number of amides is 1. The molecule has 4 aliphatic heterocycles. The number of nitrogens with one attached hydrogen (secondary N) is 1. The van der Waals surface area contributed by atoms with Crippen LogP contribution in [0.5, 0.6) is 17.2 Å². The van der Waals surface area contributed by atoms with Crippen LogP contribution in [0.1, 0.15) is 114 Å². The number of aromatic hydroxyl groups is 2. The summed E-state index contributed by atoms with van der Waals surface area (Å²) in [6.07, 6.45) is 8.42. The first-order chi connectivity index (χ1) is 29.8. The highest BCUT2D eigenvalue weighted by Crippen LogP contribution is 2.53. The summed E-state index contributed by atoms with van der Waals surface area (Å²) in [6, 6.07) is 0.598. The normalized spacial score (nSPS) is 32.1. The molecule has 0 spiro atoms. The molecule has 5 bridgehead atoms. The van der Waals surface area contributed by atoms with Crippen molar-refractivity contribution < 1.29 is 53.8 Å². The van der Waals surface area contributed by atoms with Crippen LogP contribution < -0.4 is 10.1 Å². The molecule has 2 aromatic rings. The second-order valence-corrected chi connectivity index (χ2v) is 18.4. The van der Waals surface area contributed by atoms with E-state index in [2.05, 4.69) is 10.2 Å². The highest BCUT2D eigenvalue weighted by Gasteiger charge is 2.49. The Balaban J connectivity index is 1.45. The zero-order valence-corrected chi connectivity index (χ0v) is 38.6. The maximum Gasteiger partial charge on any atom is 0.312 e. The van der Waals surface area contributed by atoms with Crippen LogP contribution in [0.25, 0.3) is 10.8 Å². The van der Waals surface area contributed by atoms with Gasteiger partial charge in [-0.1, -0.05) is 46.6 Å². The Morgan fingerprint density at radius 2 is 1.59 bits per heavy atom.